The van der Waals surface area contributed by atoms with Crippen molar-refractivity contribution in [1.82, 2.24) is 29.6 Å². The van der Waals surface area contributed by atoms with Gasteiger partial charge in [0.1, 0.15) is 0 Å². The number of aryl methyl sites for hydroxylation is 1. The minimum absolute atomic E-state index is 0.0449. The van der Waals surface area contributed by atoms with Crippen LogP contribution >= 0.6 is 0 Å². The summed E-state index contributed by atoms with van der Waals surface area (Å²) in [6, 6.07) is 0. The first-order chi connectivity index (χ1) is 9.82. The number of fused-ring (bicyclic) bond motifs is 1. The molecule has 1 amide bonds. The van der Waals surface area contributed by atoms with Gasteiger partial charge in [-0.2, -0.15) is 0 Å². The molecule has 0 spiro atoms. The Kier molecular flexibility index (Phi) is 3.83. The highest BCUT2D eigenvalue weighted by molar-refractivity contribution is 5.91. The molecule has 0 unspecified atom stereocenters. The van der Waals surface area contributed by atoms with Crippen LogP contribution in [0.1, 0.15) is 24.5 Å². The summed E-state index contributed by atoms with van der Waals surface area (Å²) in [5.41, 5.74) is -1.16. The molecule has 2 aromatic rings. The molecule has 9 heteroatoms. The number of nitrogens with one attached hydrogen (secondary N) is 1. The fourth-order valence-corrected chi connectivity index (χ4v) is 1.72. The number of hydrogen-bond donors (Lipinski definition) is 1. The van der Waals surface area contributed by atoms with E-state index < -0.39 is 17.2 Å². The van der Waals surface area contributed by atoms with Gasteiger partial charge < -0.3 is 5.32 Å². The molecule has 2 rings (SSSR count). The summed E-state index contributed by atoms with van der Waals surface area (Å²) in [7, 11) is 2.80. The minimum atomic E-state index is -0.610. The molecule has 0 aromatic carbocycles. The van der Waals surface area contributed by atoms with E-state index >= 15 is 0 Å². The van der Waals surface area contributed by atoms with E-state index in [9.17, 15) is 14.4 Å². The standard InChI is InChI=1S/C12H16N6O3/c1-6(2)5-13-10(19)8-14-7-9(16-15-8)17(3)12(21)18(4)11(7)20/h6H,5H2,1-4H3,(H,13,19). The summed E-state index contributed by atoms with van der Waals surface area (Å²) < 4.78 is 2.07. The quantitative estimate of drug-likeness (QED) is 0.761. The van der Waals surface area contributed by atoms with Crippen molar-refractivity contribution >= 4 is 17.1 Å². The van der Waals surface area contributed by atoms with Crippen LogP contribution in [0.3, 0.4) is 0 Å². The zero-order chi connectivity index (χ0) is 15.7. The first-order valence-electron chi connectivity index (χ1n) is 6.41. The maximum atomic E-state index is 12.0. The van der Waals surface area contributed by atoms with Crippen LogP contribution in [0.2, 0.25) is 0 Å². The van der Waals surface area contributed by atoms with Gasteiger partial charge in [-0.15, -0.1) is 10.2 Å². The van der Waals surface area contributed by atoms with E-state index in [-0.39, 0.29) is 22.9 Å². The zero-order valence-corrected chi connectivity index (χ0v) is 12.2. The van der Waals surface area contributed by atoms with Crippen molar-refractivity contribution in [2.75, 3.05) is 6.54 Å². The van der Waals surface area contributed by atoms with E-state index in [1.54, 1.807) is 0 Å². The molecule has 2 heterocycles. The molecule has 1 N–H and O–H groups in total. The summed E-state index contributed by atoms with van der Waals surface area (Å²) >= 11 is 0. The molecule has 0 atom stereocenters. The summed E-state index contributed by atoms with van der Waals surface area (Å²) in [5.74, 6) is -0.427. The Hall–Kier alpha value is -2.58. The Morgan fingerprint density at radius 2 is 1.86 bits per heavy atom. The average molecular weight is 292 g/mol. The van der Waals surface area contributed by atoms with Crippen LogP contribution < -0.4 is 16.6 Å². The molecular formula is C12H16N6O3. The molecule has 2 aromatic heterocycles. The number of rotatable bonds is 3. The van der Waals surface area contributed by atoms with Gasteiger partial charge in [0.05, 0.1) is 0 Å². The maximum absolute atomic E-state index is 12.0. The van der Waals surface area contributed by atoms with Crippen LogP contribution in [0.15, 0.2) is 9.59 Å². The van der Waals surface area contributed by atoms with E-state index in [0.717, 1.165) is 9.13 Å². The van der Waals surface area contributed by atoms with E-state index in [1.807, 2.05) is 13.8 Å². The lowest BCUT2D eigenvalue weighted by molar-refractivity contribution is 0.0937. The van der Waals surface area contributed by atoms with Gasteiger partial charge in [-0.05, 0) is 5.92 Å². The van der Waals surface area contributed by atoms with Crippen molar-refractivity contribution in [3.63, 3.8) is 0 Å². The number of carbonyl (C=O) groups is 1. The Balaban J connectivity index is 2.55. The second-order valence-corrected chi connectivity index (χ2v) is 5.12. The summed E-state index contributed by atoms with van der Waals surface area (Å²) in [4.78, 5) is 39.6. The molecule has 0 saturated carbocycles. The van der Waals surface area contributed by atoms with Crippen LogP contribution in [-0.2, 0) is 14.1 Å². The Bertz CT molecular complexity index is 820. The molecule has 0 aliphatic carbocycles. The maximum Gasteiger partial charge on any atom is 0.332 e. The fourth-order valence-electron chi connectivity index (χ4n) is 1.72. The van der Waals surface area contributed by atoms with Crippen molar-refractivity contribution < 1.29 is 4.79 Å². The molecule has 0 fully saturated rings. The van der Waals surface area contributed by atoms with Gasteiger partial charge in [0.2, 0.25) is 5.82 Å². The van der Waals surface area contributed by atoms with E-state index in [0.29, 0.717) is 6.54 Å². The van der Waals surface area contributed by atoms with Crippen LogP contribution in [0.25, 0.3) is 11.2 Å². The van der Waals surface area contributed by atoms with Gasteiger partial charge in [-0.1, -0.05) is 13.8 Å². The lowest BCUT2D eigenvalue weighted by Crippen LogP contribution is -2.38. The molecule has 112 valence electrons. The van der Waals surface area contributed by atoms with Crippen molar-refractivity contribution in [1.29, 1.82) is 0 Å². The van der Waals surface area contributed by atoms with Gasteiger partial charge in [0.15, 0.2) is 11.2 Å². The molecule has 0 aliphatic rings. The highest BCUT2D eigenvalue weighted by Gasteiger charge is 2.16. The minimum Gasteiger partial charge on any atom is -0.349 e. The van der Waals surface area contributed by atoms with Gasteiger partial charge in [0.25, 0.3) is 11.5 Å². The number of carbonyl (C=O) groups excluding carboxylic acids is 1. The van der Waals surface area contributed by atoms with E-state index in [1.165, 1.54) is 14.1 Å². The smallest absolute Gasteiger partial charge is 0.332 e. The SMILES string of the molecule is CC(C)CNC(=O)c1nnc2c(n1)c(=O)n(C)c(=O)n2C. The third-order valence-electron chi connectivity index (χ3n) is 2.94. The number of amides is 1. The molecule has 0 bridgehead atoms. The normalized spacial score (nSPS) is 11.1. The molecule has 9 nitrogen and oxygen atoms in total. The van der Waals surface area contributed by atoms with Crippen molar-refractivity contribution in [3.05, 3.63) is 26.7 Å². The van der Waals surface area contributed by atoms with Crippen LogP contribution in [-0.4, -0.2) is 36.8 Å². The largest absolute Gasteiger partial charge is 0.349 e. The van der Waals surface area contributed by atoms with Crippen LogP contribution in [0.4, 0.5) is 0 Å². The van der Waals surface area contributed by atoms with Gasteiger partial charge in [-0.3, -0.25) is 18.7 Å². The van der Waals surface area contributed by atoms with Crippen molar-refractivity contribution in [3.8, 4) is 0 Å². The summed E-state index contributed by atoms with van der Waals surface area (Å²) in [5, 5.41) is 10.1. The van der Waals surface area contributed by atoms with Crippen molar-refractivity contribution in [2.24, 2.45) is 20.0 Å². The van der Waals surface area contributed by atoms with Crippen LogP contribution in [0, 0.1) is 5.92 Å². The number of aromatic nitrogens is 5. The molecule has 0 aliphatic heterocycles. The zero-order valence-electron chi connectivity index (χ0n) is 12.2. The van der Waals surface area contributed by atoms with Crippen molar-refractivity contribution in [2.45, 2.75) is 13.8 Å². The van der Waals surface area contributed by atoms with E-state index in [2.05, 4.69) is 20.5 Å². The molecule has 0 radical (unpaired) electrons. The van der Waals surface area contributed by atoms with E-state index in [4.69, 9.17) is 0 Å². The predicted octanol–water partition coefficient (Wildman–Crippen LogP) is -1.19. The number of nitrogens with zero attached hydrogens (tertiary/aromatic N) is 5. The first kappa shape index (κ1) is 14.8. The fraction of sp³-hybridized carbons (Fsp3) is 0.500. The monoisotopic (exact) mass is 292 g/mol. The van der Waals surface area contributed by atoms with Crippen LogP contribution in [0.5, 0.6) is 0 Å². The highest BCUT2D eigenvalue weighted by Crippen LogP contribution is 2.00. The van der Waals surface area contributed by atoms with Gasteiger partial charge in [0, 0.05) is 20.6 Å². The molecule has 21 heavy (non-hydrogen) atoms. The number of hydrogen-bond acceptors (Lipinski definition) is 6. The molecular weight excluding hydrogens is 276 g/mol. The first-order valence-corrected chi connectivity index (χ1v) is 6.41. The topological polar surface area (TPSA) is 112 Å². The second-order valence-electron chi connectivity index (χ2n) is 5.12. The Labute approximate surface area is 119 Å². The third-order valence-corrected chi connectivity index (χ3v) is 2.94. The summed E-state index contributed by atoms with van der Waals surface area (Å²) in [6.07, 6.45) is 0. The molecule has 0 saturated heterocycles. The lowest BCUT2D eigenvalue weighted by atomic mass is 10.2. The third kappa shape index (κ3) is 2.67. The van der Waals surface area contributed by atoms with Gasteiger partial charge >= 0.3 is 5.69 Å². The Morgan fingerprint density at radius 3 is 2.48 bits per heavy atom. The average Bonchev–Trinajstić information content (AvgIpc) is 2.47. The second kappa shape index (κ2) is 5.43. The Morgan fingerprint density at radius 1 is 1.19 bits per heavy atom. The highest BCUT2D eigenvalue weighted by atomic mass is 16.2. The lowest BCUT2D eigenvalue weighted by Gasteiger charge is -2.08. The summed E-state index contributed by atoms with van der Waals surface area (Å²) in [6.45, 7) is 4.36. The van der Waals surface area contributed by atoms with Gasteiger partial charge in [-0.25, -0.2) is 9.78 Å². The predicted molar refractivity (Wildman–Crippen MR) is 75.0 cm³/mol.